The largest absolute Gasteiger partial charge is 0.436 e. The fraction of sp³-hybridized carbons (Fsp3) is 0.250. The van der Waals surface area contributed by atoms with Crippen molar-refractivity contribution in [1.29, 1.82) is 0 Å². The predicted octanol–water partition coefficient (Wildman–Crippen LogP) is 3.25. The Kier molecular flexibility index (Phi) is 4.46. The van der Waals surface area contributed by atoms with Crippen LogP contribution in [0.5, 0.6) is 11.6 Å². The van der Waals surface area contributed by atoms with Gasteiger partial charge >= 0.3 is 0 Å². The van der Waals surface area contributed by atoms with Crippen molar-refractivity contribution in [2.75, 3.05) is 11.9 Å². The van der Waals surface area contributed by atoms with Crippen LogP contribution in [0.4, 0.5) is 5.82 Å². The van der Waals surface area contributed by atoms with Crippen LogP contribution in [-0.2, 0) is 0 Å². The van der Waals surface area contributed by atoms with Crippen molar-refractivity contribution >= 4 is 21.7 Å². The van der Waals surface area contributed by atoms with Crippen molar-refractivity contribution in [1.82, 2.24) is 15.0 Å². The van der Waals surface area contributed by atoms with Gasteiger partial charge in [0, 0.05) is 12.7 Å². The van der Waals surface area contributed by atoms with Crippen molar-refractivity contribution in [3.8, 4) is 11.6 Å². The maximum Gasteiger partial charge on any atom is 0.238 e. The van der Waals surface area contributed by atoms with Crippen LogP contribution in [-0.4, -0.2) is 21.5 Å². The lowest BCUT2D eigenvalue weighted by Gasteiger charge is -2.09. The summed E-state index contributed by atoms with van der Waals surface area (Å²) in [5, 5.41) is 3.20. The third kappa shape index (κ3) is 3.16. The number of aromatic nitrogens is 3. The lowest BCUT2D eigenvalue weighted by Crippen LogP contribution is -2.04. The summed E-state index contributed by atoms with van der Waals surface area (Å²) in [5.74, 6) is 1.83. The van der Waals surface area contributed by atoms with Crippen LogP contribution in [0.1, 0.15) is 13.3 Å². The number of nitrogens with zero attached hydrogens (tertiary/aromatic N) is 3. The minimum absolute atomic E-state index is 0.469. The Bertz CT molecular complexity index is 507. The molecular weight excluding hydrogens is 296 g/mol. The van der Waals surface area contributed by atoms with E-state index in [1.807, 2.05) is 6.07 Å². The van der Waals surface area contributed by atoms with E-state index >= 15 is 0 Å². The number of ether oxygens (including phenoxy) is 1. The van der Waals surface area contributed by atoms with Gasteiger partial charge in [0.1, 0.15) is 22.4 Å². The monoisotopic (exact) mass is 308 g/mol. The van der Waals surface area contributed by atoms with Crippen molar-refractivity contribution in [3.63, 3.8) is 0 Å². The minimum Gasteiger partial charge on any atom is -0.436 e. The second-order valence-corrected chi connectivity index (χ2v) is 4.35. The lowest BCUT2D eigenvalue weighted by atomic mass is 10.4. The summed E-state index contributed by atoms with van der Waals surface area (Å²) < 4.78 is 6.34. The summed E-state index contributed by atoms with van der Waals surface area (Å²) in [5.41, 5.74) is 0. The number of hydrogen-bond donors (Lipinski definition) is 1. The first-order valence-corrected chi connectivity index (χ1v) is 6.42. The van der Waals surface area contributed by atoms with E-state index in [0.717, 1.165) is 18.8 Å². The Morgan fingerprint density at radius 1 is 1.39 bits per heavy atom. The topological polar surface area (TPSA) is 59.9 Å². The molecule has 94 valence electrons. The molecule has 0 bridgehead atoms. The summed E-state index contributed by atoms with van der Waals surface area (Å²) >= 11 is 3.44. The van der Waals surface area contributed by atoms with Crippen LogP contribution in [0, 0.1) is 0 Å². The van der Waals surface area contributed by atoms with Gasteiger partial charge in [-0.3, -0.25) is 4.98 Å². The summed E-state index contributed by atoms with van der Waals surface area (Å²) in [6, 6.07) is 3.63. The number of anilines is 1. The molecule has 0 unspecified atom stereocenters. The number of nitrogens with one attached hydrogen (secondary N) is 1. The van der Waals surface area contributed by atoms with E-state index in [4.69, 9.17) is 4.74 Å². The third-order valence-electron chi connectivity index (χ3n) is 2.15. The van der Waals surface area contributed by atoms with Gasteiger partial charge in [0.15, 0.2) is 0 Å². The SMILES string of the molecule is CCCNc1ncnc(Oc2cccnc2)c1Br. The van der Waals surface area contributed by atoms with E-state index < -0.39 is 0 Å². The Morgan fingerprint density at radius 2 is 2.28 bits per heavy atom. The van der Waals surface area contributed by atoms with Crippen LogP contribution >= 0.6 is 15.9 Å². The van der Waals surface area contributed by atoms with Crippen LogP contribution in [0.3, 0.4) is 0 Å². The first-order chi connectivity index (χ1) is 8.81. The molecule has 2 rings (SSSR count). The van der Waals surface area contributed by atoms with Crippen LogP contribution < -0.4 is 10.1 Å². The number of halogens is 1. The molecule has 0 aromatic carbocycles. The molecule has 0 radical (unpaired) electrons. The molecule has 18 heavy (non-hydrogen) atoms. The van der Waals surface area contributed by atoms with Crippen molar-refractivity contribution < 1.29 is 4.74 Å². The average Bonchev–Trinajstić information content (AvgIpc) is 2.41. The maximum absolute atomic E-state index is 5.63. The van der Waals surface area contributed by atoms with Gasteiger partial charge < -0.3 is 10.1 Å². The van der Waals surface area contributed by atoms with E-state index in [9.17, 15) is 0 Å². The Balaban J connectivity index is 2.18. The first kappa shape index (κ1) is 12.8. The fourth-order valence-electron chi connectivity index (χ4n) is 1.31. The zero-order valence-corrected chi connectivity index (χ0v) is 11.5. The Labute approximate surface area is 114 Å². The van der Waals surface area contributed by atoms with Crippen LogP contribution in [0.15, 0.2) is 35.3 Å². The summed E-state index contributed by atoms with van der Waals surface area (Å²) in [7, 11) is 0. The first-order valence-electron chi connectivity index (χ1n) is 5.63. The molecular formula is C12H13BrN4O. The second kappa shape index (κ2) is 6.30. The molecule has 2 aromatic heterocycles. The van der Waals surface area contributed by atoms with E-state index in [1.165, 1.54) is 6.33 Å². The second-order valence-electron chi connectivity index (χ2n) is 3.56. The maximum atomic E-state index is 5.63. The predicted molar refractivity (Wildman–Crippen MR) is 72.8 cm³/mol. The third-order valence-corrected chi connectivity index (χ3v) is 2.86. The van der Waals surface area contributed by atoms with E-state index in [1.54, 1.807) is 18.5 Å². The minimum atomic E-state index is 0.469. The van der Waals surface area contributed by atoms with Gasteiger partial charge in [0.2, 0.25) is 5.88 Å². The lowest BCUT2D eigenvalue weighted by molar-refractivity contribution is 0.456. The molecule has 6 heteroatoms. The molecule has 0 fully saturated rings. The summed E-state index contributed by atoms with van der Waals surface area (Å²) in [6.45, 7) is 2.94. The van der Waals surface area contributed by atoms with E-state index in [-0.39, 0.29) is 0 Å². The molecule has 1 N–H and O–H groups in total. The van der Waals surface area contributed by atoms with Gasteiger partial charge in [-0.1, -0.05) is 6.92 Å². The summed E-state index contributed by atoms with van der Waals surface area (Å²) in [6.07, 6.45) is 5.81. The van der Waals surface area contributed by atoms with Crippen LogP contribution in [0.2, 0.25) is 0 Å². The molecule has 2 heterocycles. The van der Waals surface area contributed by atoms with E-state index in [2.05, 4.69) is 43.1 Å². The smallest absolute Gasteiger partial charge is 0.238 e. The van der Waals surface area contributed by atoms with Crippen molar-refractivity contribution in [2.45, 2.75) is 13.3 Å². The van der Waals surface area contributed by atoms with E-state index in [0.29, 0.717) is 16.1 Å². The molecule has 2 aromatic rings. The Morgan fingerprint density at radius 3 is 3.00 bits per heavy atom. The van der Waals surface area contributed by atoms with Gasteiger partial charge in [-0.25, -0.2) is 9.97 Å². The molecule has 0 aliphatic rings. The zero-order valence-electron chi connectivity index (χ0n) is 9.93. The quantitative estimate of drug-likeness (QED) is 0.918. The highest BCUT2D eigenvalue weighted by atomic mass is 79.9. The Hall–Kier alpha value is -1.69. The highest BCUT2D eigenvalue weighted by Crippen LogP contribution is 2.31. The number of hydrogen-bond acceptors (Lipinski definition) is 5. The average molecular weight is 309 g/mol. The van der Waals surface area contributed by atoms with Gasteiger partial charge in [0.05, 0.1) is 6.20 Å². The highest BCUT2D eigenvalue weighted by molar-refractivity contribution is 9.10. The molecule has 0 amide bonds. The molecule has 5 nitrogen and oxygen atoms in total. The fourth-order valence-corrected chi connectivity index (χ4v) is 1.74. The standard InChI is InChI=1S/C12H13BrN4O/c1-2-5-15-11-10(13)12(17-8-16-11)18-9-4-3-6-14-7-9/h3-4,6-8H,2,5H2,1H3,(H,15,16,17). The summed E-state index contributed by atoms with van der Waals surface area (Å²) in [4.78, 5) is 12.2. The van der Waals surface area contributed by atoms with Crippen LogP contribution in [0.25, 0.3) is 0 Å². The molecule has 0 saturated carbocycles. The molecule has 0 spiro atoms. The highest BCUT2D eigenvalue weighted by Gasteiger charge is 2.10. The van der Waals surface area contributed by atoms with Gasteiger partial charge in [-0.2, -0.15) is 0 Å². The molecule has 0 aliphatic heterocycles. The molecule has 0 saturated heterocycles. The van der Waals surface area contributed by atoms with Crippen molar-refractivity contribution in [3.05, 3.63) is 35.3 Å². The number of pyridine rings is 1. The molecule has 0 aliphatic carbocycles. The van der Waals surface area contributed by atoms with Gasteiger partial charge in [-0.05, 0) is 34.5 Å². The normalized spacial score (nSPS) is 10.1. The van der Waals surface area contributed by atoms with Crippen molar-refractivity contribution in [2.24, 2.45) is 0 Å². The van der Waals surface area contributed by atoms with Gasteiger partial charge in [0.25, 0.3) is 0 Å². The molecule has 0 atom stereocenters. The number of rotatable bonds is 5. The van der Waals surface area contributed by atoms with Gasteiger partial charge in [-0.15, -0.1) is 0 Å². The zero-order chi connectivity index (χ0) is 12.8.